The number of ketones is 2. The quantitative estimate of drug-likeness (QED) is 0.593. The Morgan fingerprint density at radius 1 is 1.24 bits per heavy atom. The smallest absolute Gasteiger partial charge is 0.340 e. The first-order chi connectivity index (χ1) is 11.6. The van der Waals surface area contributed by atoms with E-state index >= 15 is 0 Å². The Bertz CT molecular complexity index is 872. The number of carbonyl (C=O) groups is 3. The normalized spacial score (nSPS) is 11.9. The Hall–Kier alpha value is -2.28. The van der Waals surface area contributed by atoms with Crippen molar-refractivity contribution in [2.24, 2.45) is 0 Å². The van der Waals surface area contributed by atoms with Gasteiger partial charge in [-0.1, -0.05) is 0 Å². The lowest BCUT2D eigenvalue weighted by molar-refractivity contribution is 0.0315. The fraction of sp³-hybridized carbons (Fsp3) is 0.278. The fourth-order valence-corrected chi connectivity index (χ4v) is 3.07. The van der Waals surface area contributed by atoms with Gasteiger partial charge >= 0.3 is 5.97 Å². The van der Waals surface area contributed by atoms with Crippen LogP contribution in [0.15, 0.2) is 22.7 Å². The van der Waals surface area contributed by atoms with Crippen LogP contribution in [0.25, 0.3) is 0 Å². The molecule has 1 atom stereocenters. The third-order valence-corrected chi connectivity index (χ3v) is 4.53. The van der Waals surface area contributed by atoms with Crippen molar-refractivity contribution >= 4 is 33.5 Å². The number of halogens is 2. The summed E-state index contributed by atoms with van der Waals surface area (Å²) < 4.78 is 18.8. The van der Waals surface area contributed by atoms with E-state index in [0.717, 1.165) is 6.07 Å². The van der Waals surface area contributed by atoms with Crippen LogP contribution in [0.5, 0.6) is 0 Å². The number of aromatic amines is 1. The van der Waals surface area contributed by atoms with Gasteiger partial charge in [0.25, 0.3) is 0 Å². The molecule has 1 aromatic heterocycles. The molecule has 1 aromatic carbocycles. The van der Waals surface area contributed by atoms with Gasteiger partial charge in [0, 0.05) is 15.7 Å². The minimum absolute atomic E-state index is 0.0107. The molecule has 5 nitrogen and oxygen atoms in total. The van der Waals surface area contributed by atoms with Crippen molar-refractivity contribution in [1.29, 1.82) is 0 Å². The number of nitrogens with one attached hydrogen (secondary N) is 1. The van der Waals surface area contributed by atoms with Gasteiger partial charge in [0.2, 0.25) is 5.78 Å². The molecule has 0 saturated carbocycles. The van der Waals surface area contributed by atoms with Gasteiger partial charge in [-0.25, -0.2) is 9.18 Å². The first kappa shape index (κ1) is 19.1. The number of hydrogen-bond donors (Lipinski definition) is 1. The summed E-state index contributed by atoms with van der Waals surface area (Å²) in [5.74, 6) is -2.02. The van der Waals surface area contributed by atoms with Crippen LogP contribution in [0.2, 0.25) is 0 Å². The van der Waals surface area contributed by atoms with Gasteiger partial charge in [0.05, 0.1) is 11.3 Å². The highest BCUT2D eigenvalue weighted by Gasteiger charge is 2.27. The Morgan fingerprint density at radius 3 is 2.44 bits per heavy atom. The van der Waals surface area contributed by atoms with E-state index in [1.54, 1.807) is 13.8 Å². The zero-order chi connectivity index (χ0) is 18.9. The van der Waals surface area contributed by atoms with E-state index in [1.165, 1.54) is 26.0 Å². The zero-order valence-electron chi connectivity index (χ0n) is 14.2. The molecular weight excluding hydrogens is 393 g/mol. The van der Waals surface area contributed by atoms with Crippen molar-refractivity contribution in [3.63, 3.8) is 0 Å². The number of Topliss-reactive ketones (excluding diaryl/α,β-unsaturated/α-hetero) is 2. The maximum atomic E-state index is 13.3. The summed E-state index contributed by atoms with van der Waals surface area (Å²) in [6.07, 6.45) is -1.10. The lowest BCUT2D eigenvalue weighted by Crippen LogP contribution is -2.25. The molecule has 25 heavy (non-hydrogen) atoms. The maximum absolute atomic E-state index is 13.3. The van der Waals surface area contributed by atoms with Gasteiger partial charge in [-0.05, 0) is 67.4 Å². The minimum Gasteiger partial charge on any atom is -0.451 e. The summed E-state index contributed by atoms with van der Waals surface area (Å²) in [6.45, 7) is 6.20. The summed E-state index contributed by atoms with van der Waals surface area (Å²) in [4.78, 5) is 39.3. The molecule has 0 aliphatic heterocycles. The van der Waals surface area contributed by atoms with E-state index in [9.17, 15) is 18.8 Å². The van der Waals surface area contributed by atoms with Crippen LogP contribution in [0.1, 0.15) is 56.3 Å². The zero-order valence-corrected chi connectivity index (χ0v) is 15.8. The van der Waals surface area contributed by atoms with Crippen LogP contribution in [0.4, 0.5) is 4.39 Å². The van der Waals surface area contributed by atoms with Crippen LogP contribution in [-0.2, 0) is 4.74 Å². The fourth-order valence-electron chi connectivity index (χ4n) is 2.66. The molecule has 0 amide bonds. The lowest BCUT2D eigenvalue weighted by atomic mass is 10.0. The van der Waals surface area contributed by atoms with Crippen molar-refractivity contribution in [3.05, 3.63) is 56.6 Å². The molecule has 0 radical (unpaired) electrons. The van der Waals surface area contributed by atoms with Crippen LogP contribution in [-0.4, -0.2) is 28.6 Å². The predicted molar refractivity (Wildman–Crippen MR) is 93.6 cm³/mol. The number of rotatable bonds is 5. The predicted octanol–water partition coefficient (Wildman–Crippen LogP) is 4.16. The maximum Gasteiger partial charge on any atom is 0.340 e. The highest BCUT2D eigenvalue weighted by Crippen LogP contribution is 2.22. The molecule has 0 spiro atoms. The molecule has 7 heteroatoms. The van der Waals surface area contributed by atoms with Crippen molar-refractivity contribution in [2.45, 2.75) is 33.8 Å². The Kier molecular flexibility index (Phi) is 5.57. The second-order valence-corrected chi connectivity index (χ2v) is 6.57. The molecule has 0 saturated heterocycles. The van der Waals surface area contributed by atoms with Crippen molar-refractivity contribution in [3.8, 4) is 0 Å². The average molecular weight is 410 g/mol. The number of hydrogen-bond acceptors (Lipinski definition) is 4. The van der Waals surface area contributed by atoms with E-state index in [4.69, 9.17) is 4.74 Å². The SMILES string of the molecule is CC(=O)c1c(C)[nH]c(C(=O)[C@H](C)OC(=O)c2cc(F)ccc2Br)c1C. The van der Waals surface area contributed by atoms with Gasteiger partial charge in [0.15, 0.2) is 11.9 Å². The average Bonchev–Trinajstić information content (AvgIpc) is 2.83. The largest absolute Gasteiger partial charge is 0.451 e. The molecular formula is C18H17BrFNO4. The van der Waals surface area contributed by atoms with E-state index in [1.807, 2.05) is 0 Å². The molecule has 2 rings (SSSR count). The number of aromatic nitrogens is 1. The number of ether oxygens (including phenoxy) is 1. The minimum atomic E-state index is -1.10. The molecule has 0 aliphatic rings. The van der Waals surface area contributed by atoms with Gasteiger partial charge in [0.1, 0.15) is 5.82 Å². The first-order valence-corrected chi connectivity index (χ1v) is 8.33. The topological polar surface area (TPSA) is 76.2 Å². The molecule has 0 unspecified atom stereocenters. The molecule has 1 heterocycles. The summed E-state index contributed by atoms with van der Waals surface area (Å²) in [6, 6.07) is 3.61. The summed E-state index contributed by atoms with van der Waals surface area (Å²) >= 11 is 3.15. The van der Waals surface area contributed by atoms with Crippen molar-refractivity contribution in [2.75, 3.05) is 0 Å². The second kappa shape index (κ2) is 7.31. The van der Waals surface area contributed by atoms with Gasteiger partial charge in [-0.15, -0.1) is 0 Å². The molecule has 1 N–H and O–H groups in total. The summed E-state index contributed by atoms with van der Waals surface area (Å²) in [7, 11) is 0. The van der Waals surface area contributed by atoms with E-state index < -0.39 is 23.7 Å². The molecule has 0 fully saturated rings. The van der Waals surface area contributed by atoms with Crippen LogP contribution in [0.3, 0.4) is 0 Å². The monoisotopic (exact) mass is 409 g/mol. The highest BCUT2D eigenvalue weighted by atomic mass is 79.9. The van der Waals surface area contributed by atoms with Crippen molar-refractivity contribution < 1.29 is 23.5 Å². The highest BCUT2D eigenvalue weighted by molar-refractivity contribution is 9.10. The number of esters is 1. The van der Waals surface area contributed by atoms with E-state index in [-0.39, 0.29) is 17.0 Å². The number of H-pyrrole nitrogens is 1. The molecule has 2 aromatic rings. The van der Waals surface area contributed by atoms with Crippen molar-refractivity contribution in [1.82, 2.24) is 4.98 Å². The summed E-state index contributed by atoms with van der Waals surface area (Å²) in [5.41, 5.74) is 1.77. The Balaban J connectivity index is 2.24. The van der Waals surface area contributed by atoms with Crippen LogP contribution < -0.4 is 0 Å². The lowest BCUT2D eigenvalue weighted by Gasteiger charge is -2.13. The third-order valence-electron chi connectivity index (χ3n) is 3.84. The van der Waals surface area contributed by atoms with E-state index in [0.29, 0.717) is 21.3 Å². The third kappa shape index (κ3) is 3.87. The van der Waals surface area contributed by atoms with Gasteiger partial charge in [-0.3, -0.25) is 9.59 Å². The molecule has 132 valence electrons. The van der Waals surface area contributed by atoms with Crippen LogP contribution >= 0.6 is 15.9 Å². The van der Waals surface area contributed by atoms with E-state index in [2.05, 4.69) is 20.9 Å². The van der Waals surface area contributed by atoms with Gasteiger partial charge < -0.3 is 9.72 Å². The second-order valence-electron chi connectivity index (χ2n) is 5.72. The Labute approximate surface area is 152 Å². The number of benzene rings is 1. The van der Waals surface area contributed by atoms with Crippen LogP contribution in [0, 0.1) is 19.7 Å². The molecule has 0 aliphatic carbocycles. The Morgan fingerprint density at radius 2 is 1.88 bits per heavy atom. The number of carbonyl (C=O) groups excluding carboxylic acids is 3. The summed E-state index contributed by atoms with van der Waals surface area (Å²) in [5, 5.41) is 0. The standard InChI is InChI=1S/C18H17BrFNO4/c1-8-15(10(3)22)9(2)21-16(8)17(23)11(4)25-18(24)13-7-12(20)5-6-14(13)19/h5-7,11,21H,1-4H3/t11-/m0/s1. The number of aryl methyl sites for hydroxylation is 1. The first-order valence-electron chi connectivity index (χ1n) is 7.53. The molecule has 0 bridgehead atoms. The van der Waals surface area contributed by atoms with Gasteiger partial charge in [-0.2, -0.15) is 0 Å².